The molecule has 0 aliphatic carbocycles. The molecular weight excluding hydrogens is 200 g/mol. The number of benzene rings is 1. The fourth-order valence-corrected chi connectivity index (χ4v) is 1.80. The topological polar surface area (TPSA) is 53.6 Å². The van der Waals surface area contributed by atoms with E-state index in [1.54, 1.807) is 0 Å². The van der Waals surface area contributed by atoms with E-state index >= 15 is 0 Å². The first-order valence-electron chi connectivity index (χ1n) is 5.86. The number of rotatable bonds is 5. The molecule has 0 saturated carbocycles. The third-order valence-electron chi connectivity index (χ3n) is 2.72. The van der Waals surface area contributed by atoms with Gasteiger partial charge in [0.25, 0.3) is 0 Å². The third kappa shape index (κ3) is 2.51. The van der Waals surface area contributed by atoms with Crippen LogP contribution in [0, 0.1) is 0 Å². The van der Waals surface area contributed by atoms with Crippen LogP contribution in [0.3, 0.4) is 0 Å². The quantitative estimate of drug-likeness (QED) is 0.811. The van der Waals surface area contributed by atoms with Crippen molar-refractivity contribution in [1.82, 2.24) is 15.4 Å². The second kappa shape index (κ2) is 4.96. The highest BCUT2D eigenvalue weighted by atomic mass is 15.3. The Balaban J connectivity index is 2.03. The van der Waals surface area contributed by atoms with Crippen LogP contribution < -0.4 is 5.32 Å². The largest absolute Gasteiger partial charge is 0.383 e. The summed E-state index contributed by atoms with van der Waals surface area (Å²) in [7, 11) is 0. The summed E-state index contributed by atoms with van der Waals surface area (Å²) in [5, 5.41) is 14.2. The lowest BCUT2D eigenvalue weighted by molar-refractivity contribution is 0.645. The minimum absolute atomic E-state index is 0.504. The number of anilines is 1. The average Bonchev–Trinajstić information content (AvgIpc) is 2.73. The van der Waals surface area contributed by atoms with Crippen LogP contribution in [0.4, 0.5) is 5.69 Å². The first-order valence-corrected chi connectivity index (χ1v) is 5.86. The summed E-state index contributed by atoms with van der Waals surface area (Å²) in [5.41, 5.74) is 2.93. The molecular formula is C12H18N4. The molecule has 86 valence electrons. The monoisotopic (exact) mass is 218 g/mol. The van der Waals surface area contributed by atoms with Crippen molar-refractivity contribution in [1.29, 1.82) is 0 Å². The van der Waals surface area contributed by atoms with E-state index in [-0.39, 0.29) is 0 Å². The van der Waals surface area contributed by atoms with Gasteiger partial charge in [-0.3, -0.25) is 0 Å². The van der Waals surface area contributed by atoms with E-state index in [1.165, 1.54) is 19.3 Å². The molecule has 0 amide bonds. The molecule has 0 fully saturated rings. The molecule has 1 aromatic heterocycles. The number of hydrogen-bond donors (Lipinski definition) is 2. The molecule has 0 radical (unpaired) electrons. The second-order valence-electron chi connectivity index (χ2n) is 4.21. The Labute approximate surface area is 95.4 Å². The van der Waals surface area contributed by atoms with E-state index in [0.29, 0.717) is 6.04 Å². The van der Waals surface area contributed by atoms with Gasteiger partial charge in [-0.15, -0.1) is 0 Å². The third-order valence-corrected chi connectivity index (χ3v) is 2.72. The van der Waals surface area contributed by atoms with Crippen LogP contribution >= 0.6 is 0 Å². The predicted octanol–water partition coefficient (Wildman–Crippen LogP) is 2.95. The molecule has 0 spiro atoms. The molecule has 2 aromatic rings. The van der Waals surface area contributed by atoms with Gasteiger partial charge in [0.2, 0.25) is 0 Å². The number of aromatic amines is 1. The average molecular weight is 218 g/mol. The Kier molecular flexibility index (Phi) is 3.39. The van der Waals surface area contributed by atoms with Gasteiger partial charge in [0.15, 0.2) is 0 Å². The van der Waals surface area contributed by atoms with Crippen LogP contribution in [0.1, 0.15) is 33.1 Å². The maximum Gasteiger partial charge on any atom is 0.115 e. The molecule has 1 heterocycles. The molecule has 4 nitrogen and oxygen atoms in total. The fraction of sp³-hybridized carbons (Fsp3) is 0.500. The van der Waals surface area contributed by atoms with Crippen molar-refractivity contribution in [3.63, 3.8) is 0 Å². The first kappa shape index (κ1) is 10.9. The Hall–Kier alpha value is -1.58. The molecule has 4 heteroatoms. The number of H-pyrrole nitrogens is 1. The van der Waals surface area contributed by atoms with Crippen molar-refractivity contribution in [2.75, 3.05) is 5.32 Å². The van der Waals surface area contributed by atoms with Gasteiger partial charge in [-0.2, -0.15) is 15.4 Å². The van der Waals surface area contributed by atoms with Gasteiger partial charge in [0.05, 0.1) is 0 Å². The lowest BCUT2D eigenvalue weighted by Crippen LogP contribution is -2.14. The van der Waals surface area contributed by atoms with Crippen molar-refractivity contribution in [3.05, 3.63) is 18.2 Å². The van der Waals surface area contributed by atoms with Gasteiger partial charge in [-0.1, -0.05) is 19.8 Å². The van der Waals surface area contributed by atoms with Gasteiger partial charge < -0.3 is 5.32 Å². The maximum absolute atomic E-state index is 4.07. The van der Waals surface area contributed by atoms with E-state index < -0.39 is 0 Å². The zero-order valence-corrected chi connectivity index (χ0v) is 9.83. The smallest absolute Gasteiger partial charge is 0.115 e. The van der Waals surface area contributed by atoms with Crippen LogP contribution in [-0.4, -0.2) is 21.5 Å². The standard InChI is InChI=1S/C12H18N4/c1-3-4-5-9(2)13-10-6-7-11-12(8-10)15-16-14-11/h6-9,13H,3-5H2,1-2H3,(H,14,15,16). The van der Waals surface area contributed by atoms with Crippen LogP contribution in [0.5, 0.6) is 0 Å². The normalized spacial score (nSPS) is 12.9. The molecule has 1 unspecified atom stereocenters. The van der Waals surface area contributed by atoms with Gasteiger partial charge in [-0.25, -0.2) is 0 Å². The van der Waals surface area contributed by atoms with Crippen molar-refractivity contribution >= 4 is 16.7 Å². The molecule has 2 N–H and O–H groups in total. The van der Waals surface area contributed by atoms with Crippen LogP contribution in [0.2, 0.25) is 0 Å². The second-order valence-corrected chi connectivity index (χ2v) is 4.21. The minimum atomic E-state index is 0.504. The van der Waals surface area contributed by atoms with Gasteiger partial charge in [0, 0.05) is 11.7 Å². The summed E-state index contributed by atoms with van der Waals surface area (Å²) in [6, 6.07) is 6.56. The Morgan fingerprint density at radius 3 is 2.94 bits per heavy atom. The molecule has 0 aliphatic rings. The van der Waals surface area contributed by atoms with Gasteiger partial charge in [0.1, 0.15) is 11.0 Å². The molecule has 1 aromatic carbocycles. The molecule has 16 heavy (non-hydrogen) atoms. The van der Waals surface area contributed by atoms with Gasteiger partial charge >= 0.3 is 0 Å². The number of hydrogen-bond acceptors (Lipinski definition) is 3. The number of fused-ring (bicyclic) bond motifs is 1. The minimum Gasteiger partial charge on any atom is -0.383 e. The molecule has 2 rings (SSSR count). The zero-order chi connectivity index (χ0) is 11.4. The maximum atomic E-state index is 4.07. The van der Waals surface area contributed by atoms with E-state index in [9.17, 15) is 0 Å². The lowest BCUT2D eigenvalue weighted by Gasteiger charge is -2.14. The molecule has 0 bridgehead atoms. The SMILES string of the molecule is CCCCC(C)Nc1ccc2n[nH]nc2c1. The summed E-state index contributed by atoms with van der Waals surface area (Å²) in [5.74, 6) is 0. The Bertz CT molecular complexity index is 449. The molecule has 0 aliphatic heterocycles. The number of nitrogens with one attached hydrogen (secondary N) is 2. The van der Waals surface area contributed by atoms with E-state index in [4.69, 9.17) is 0 Å². The Morgan fingerprint density at radius 1 is 1.31 bits per heavy atom. The number of unbranched alkanes of at least 4 members (excludes halogenated alkanes) is 1. The highest BCUT2D eigenvalue weighted by Gasteiger charge is 2.03. The fourth-order valence-electron chi connectivity index (χ4n) is 1.80. The highest BCUT2D eigenvalue weighted by molar-refractivity contribution is 5.77. The number of aromatic nitrogens is 3. The number of nitrogens with zero attached hydrogens (tertiary/aromatic N) is 2. The van der Waals surface area contributed by atoms with Crippen LogP contribution in [0.25, 0.3) is 11.0 Å². The lowest BCUT2D eigenvalue weighted by atomic mass is 10.1. The predicted molar refractivity (Wildman–Crippen MR) is 66.5 cm³/mol. The zero-order valence-electron chi connectivity index (χ0n) is 9.83. The van der Waals surface area contributed by atoms with Crippen molar-refractivity contribution in [2.45, 2.75) is 39.2 Å². The first-order chi connectivity index (χ1) is 7.79. The van der Waals surface area contributed by atoms with Crippen molar-refractivity contribution in [2.24, 2.45) is 0 Å². The summed E-state index contributed by atoms with van der Waals surface area (Å²) in [6.07, 6.45) is 3.71. The Morgan fingerprint density at radius 2 is 2.12 bits per heavy atom. The molecule has 0 saturated heterocycles. The van der Waals surface area contributed by atoms with Crippen molar-refractivity contribution < 1.29 is 0 Å². The highest BCUT2D eigenvalue weighted by Crippen LogP contribution is 2.16. The molecule has 1 atom stereocenters. The van der Waals surface area contributed by atoms with Gasteiger partial charge in [-0.05, 0) is 31.5 Å². The summed E-state index contributed by atoms with van der Waals surface area (Å²) < 4.78 is 0. The summed E-state index contributed by atoms with van der Waals surface area (Å²) in [4.78, 5) is 0. The summed E-state index contributed by atoms with van der Waals surface area (Å²) in [6.45, 7) is 4.43. The van der Waals surface area contributed by atoms with Crippen molar-refractivity contribution in [3.8, 4) is 0 Å². The van der Waals surface area contributed by atoms with E-state index in [2.05, 4.69) is 34.6 Å². The van der Waals surface area contributed by atoms with E-state index in [1.807, 2.05) is 18.2 Å². The van der Waals surface area contributed by atoms with Crippen LogP contribution in [0.15, 0.2) is 18.2 Å². The summed E-state index contributed by atoms with van der Waals surface area (Å²) >= 11 is 0. The van der Waals surface area contributed by atoms with E-state index in [0.717, 1.165) is 16.7 Å². The van der Waals surface area contributed by atoms with Crippen LogP contribution in [-0.2, 0) is 0 Å².